The summed E-state index contributed by atoms with van der Waals surface area (Å²) in [6.45, 7) is -0.252. The van der Waals surface area contributed by atoms with E-state index in [1.807, 2.05) is 0 Å². The largest absolute Gasteiger partial charge is 0.454 e. The molecule has 0 saturated carbocycles. The van der Waals surface area contributed by atoms with Crippen molar-refractivity contribution in [3.8, 4) is 0 Å². The second-order valence-corrected chi connectivity index (χ2v) is 5.12. The maximum absolute atomic E-state index is 12.3. The quantitative estimate of drug-likeness (QED) is 0.437. The van der Waals surface area contributed by atoms with Crippen LogP contribution in [0.5, 0.6) is 0 Å². The van der Waals surface area contributed by atoms with Crippen LogP contribution in [0.1, 0.15) is 16.2 Å². The number of nitrogens with zero attached hydrogens (tertiary/aromatic N) is 5. The number of non-ortho nitro benzene ring substituents is 1. The van der Waals surface area contributed by atoms with Crippen LogP contribution in [0.4, 0.5) is 23.3 Å². The highest BCUT2D eigenvalue weighted by molar-refractivity contribution is 5.96. The molecule has 1 aromatic carbocycles. The van der Waals surface area contributed by atoms with Crippen LogP contribution in [0, 0.1) is 10.1 Å². The topological polar surface area (TPSA) is 149 Å². The zero-order valence-electron chi connectivity index (χ0n) is 13.9. The molecule has 0 aliphatic heterocycles. The number of hydrogen-bond acceptors (Lipinski definition) is 10. The summed E-state index contributed by atoms with van der Waals surface area (Å²) in [5, 5.41) is 13.7. The Bertz CT molecular complexity index is 810. The number of nitrogen functional groups attached to an aromatic ring is 1. The minimum atomic E-state index is -0.751. The third-order valence-electron chi connectivity index (χ3n) is 3.12. The number of anilines is 3. The van der Waals surface area contributed by atoms with Crippen molar-refractivity contribution in [3.63, 3.8) is 0 Å². The monoisotopic (exact) mass is 347 g/mol. The standard InChI is InChI=1S/C14H17N7O4/c1-16-10-5-4-8(21(23)24)6-9(10)12(22)25-7-11-17-13(15)19-14(18-11)20(2)3/h4-6,16H,7H2,1-3H3,(H2,15,17,18,19). The molecular weight excluding hydrogens is 330 g/mol. The average Bonchev–Trinajstić information content (AvgIpc) is 2.58. The zero-order valence-corrected chi connectivity index (χ0v) is 13.9. The summed E-state index contributed by atoms with van der Waals surface area (Å²) in [7, 11) is 5.05. The van der Waals surface area contributed by atoms with Gasteiger partial charge in [0.2, 0.25) is 11.9 Å². The molecule has 0 unspecified atom stereocenters. The van der Waals surface area contributed by atoms with E-state index in [1.165, 1.54) is 12.1 Å². The smallest absolute Gasteiger partial charge is 0.340 e. The number of hydrogen-bond donors (Lipinski definition) is 2. The lowest BCUT2D eigenvalue weighted by Gasteiger charge is -2.12. The molecule has 3 N–H and O–H groups in total. The van der Waals surface area contributed by atoms with Crippen LogP contribution in [0.25, 0.3) is 0 Å². The molecule has 11 heteroatoms. The summed E-state index contributed by atoms with van der Waals surface area (Å²) < 4.78 is 5.15. The average molecular weight is 347 g/mol. The minimum Gasteiger partial charge on any atom is -0.454 e. The van der Waals surface area contributed by atoms with Gasteiger partial charge >= 0.3 is 5.97 Å². The first-order chi connectivity index (χ1) is 11.8. The summed E-state index contributed by atoms with van der Waals surface area (Å²) >= 11 is 0. The Balaban J connectivity index is 2.20. The third-order valence-corrected chi connectivity index (χ3v) is 3.12. The molecule has 0 bridgehead atoms. The van der Waals surface area contributed by atoms with Gasteiger partial charge < -0.3 is 20.7 Å². The van der Waals surface area contributed by atoms with Crippen molar-refractivity contribution in [2.75, 3.05) is 37.1 Å². The fraction of sp³-hybridized carbons (Fsp3) is 0.286. The Morgan fingerprint density at radius 1 is 1.36 bits per heavy atom. The first-order valence-corrected chi connectivity index (χ1v) is 7.13. The summed E-state index contributed by atoms with van der Waals surface area (Å²) in [5.41, 5.74) is 5.82. The Labute approximate surface area is 143 Å². The molecule has 1 aromatic heterocycles. The maximum atomic E-state index is 12.3. The zero-order chi connectivity index (χ0) is 18.6. The number of nitrogens with one attached hydrogen (secondary N) is 1. The molecule has 0 amide bonds. The summed E-state index contributed by atoms with van der Waals surface area (Å²) in [6.07, 6.45) is 0. The van der Waals surface area contributed by atoms with E-state index in [-0.39, 0.29) is 29.6 Å². The number of ether oxygens (including phenoxy) is 1. The van der Waals surface area contributed by atoms with E-state index in [4.69, 9.17) is 10.5 Å². The third kappa shape index (κ3) is 4.28. The molecule has 132 valence electrons. The Kier molecular flexibility index (Phi) is 5.27. The number of nitrogens with two attached hydrogens (primary N) is 1. The number of rotatable bonds is 6. The van der Waals surface area contributed by atoms with Crippen LogP contribution in [0.15, 0.2) is 18.2 Å². The van der Waals surface area contributed by atoms with Gasteiger partial charge in [-0.3, -0.25) is 10.1 Å². The second-order valence-electron chi connectivity index (χ2n) is 5.12. The Hall–Kier alpha value is -3.50. The van der Waals surface area contributed by atoms with Crippen LogP contribution in [-0.2, 0) is 11.3 Å². The molecule has 0 radical (unpaired) electrons. The highest BCUT2D eigenvalue weighted by atomic mass is 16.6. The summed E-state index contributed by atoms with van der Waals surface area (Å²) in [4.78, 5) is 36.1. The van der Waals surface area contributed by atoms with Crippen molar-refractivity contribution in [2.45, 2.75) is 6.61 Å². The van der Waals surface area contributed by atoms with Gasteiger partial charge in [0, 0.05) is 39.0 Å². The number of esters is 1. The molecule has 0 atom stereocenters. The molecule has 0 aliphatic carbocycles. The molecule has 0 fully saturated rings. The van der Waals surface area contributed by atoms with Gasteiger partial charge in [0.25, 0.3) is 5.69 Å². The van der Waals surface area contributed by atoms with Gasteiger partial charge in [-0.1, -0.05) is 0 Å². The minimum absolute atomic E-state index is 0.00369. The van der Waals surface area contributed by atoms with Crippen molar-refractivity contribution in [3.05, 3.63) is 39.7 Å². The predicted octanol–water partition coefficient (Wildman–Crippen LogP) is 0.827. The Morgan fingerprint density at radius 2 is 2.08 bits per heavy atom. The fourth-order valence-corrected chi connectivity index (χ4v) is 1.93. The number of benzene rings is 1. The van der Waals surface area contributed by atoms with Gasteiger partial charge in [-0.2, -0.15) is 15.0 Å². The van der Waals surface area contributed by atoms with Crippen LogP contribution in [0.3, 0.4) is 0 Å². The van der Waals surface area contributed by atoms with E-state index in [2.05, 4.69) is 20.3 Å². The van der Waals surface area contributed by atoms with Crippen LogP contribution >= 0.6 is 0 Å². The molecule has 25 heavy (non-hydrogen) atoms. The molecule has 2 aromatic rings. The summed E-state index contributed by atoms with van der Waals surface area (Å²) in [6, 6.07) is 3.86. The number of carbonyl (C=O) groups is 1. The van der Waals surface area contributed by atoms with E-state index < -0.39 is 10.9 Å². The van der Waals surface area contributed by atoms with E-state index in [1.54, 1.807) is 26.0 Å². The Morgan fingerprint density at radius 3 is 2.68 bits per heavy atom. The van der Waals surface area contributed by atoms with Gasteiger partial charge in [-0.25, -0.2) is 4.79 Å². The number of nitro groups is 1. The van der Waals surface area contributed by atoms with Crippen LogP contribution in [-0.4, -0.2) is 47.0 Å². The lowest BCUT2D eigenvalue weighted by atomic mass is 10.1. The molecular formula is C14H17N7O4. The first kappa shape index (κ1) is 17.8. The number of nitro benzene ring substituents is 1. The number of carbonyl (C=O) groups excluding carboxylic acids is 1. The van der Waals surface area contributed by atoms with Gasteiger partial charge in [0.1, 0.15) is 0 Å². The van der Waals surface area contributed by atoms with Crippen molar-refractivity contribution >= 4 is 29.2 Å². The lowest BCUT2D eigenvalue weighted by molar-refractivity contribution is -0.384. The molecule has 2 rings (SSSR count). The predicted molar refractivity (Wildman–Crippen MR) is 90.3 cm³/mol. The SMILES string of the molecule is CNc1ccc([N+](=O)[O-])cc1C(=O)OCc1nc(N)nc(N(C)C)n1. The van der Waals surface area contributed by atoms with Gasteiger partial charge in [0.15, 0.2) is 12.4 Å². The van der Waals surface area contributed by atoms with E-state index in [9.17, 15) is 14.9 Å². The fourth-order valence-electron chi connectivity index (χ4n) is 1.93. The van der Waals surface area contributed by atoms with Gasteiger partial charge in [-0.05, 0) is 6.07 Å². The van der Waals surface area contributed by atoms with Gasteiger partial charge in [-0.15, -0.1) is 0 Å². The number of aromatic nitrogens is 3. The highest BCUT2D eigenvalue weighted by Crippen LogP contribution is 2.23. The van der Waals surface area contributed by atoms with E-state index in [0.717, 1.165) is 6.07 Å². The molecule has 0 saturated heterocycles. The maximum Gasteiger partial charge on any atom is 0.340 e. The van der Waals surface area contributed by atoms with Gasteiger partial charge in [0.05, 0.1) is 10.5 Å². The van der Waals surface area contributed by atoms with Crippen molar-refractivity contribution in [1.29, 1.82) is 0 Å². The first-order valence-electron chi connectivity index (χ1n) is 7.13. The van der Waals surface area contributed by atoms with E-state index in [0.29, 0.717) is 11.6 Å². The second kappa shape index (κ2) is 7.38. The summed E-state index contributed by atoms with van der Waals surface area (Å²) in [5.74, 6) is -0.264. The molecule has 11 nitrogen and oxygen atoms in total. The van der Waals surface area contributed by atoms with Crippen LogP contribution < -0.4 is 16.0 Å². The lowest BCUT2D eigenvalue weighted by Crippen LogP contribution is -2.17. The molecule has 0 spiro atoms. The molecule has 0 aliphatic rings. The van der Waals surface area contributed by atoms with Crippen LogP contribution in [0.2, 0.25) is 0 Å². The van der Waals surface area contributed by atoms with Crippen molar-refractivity contribution < 1.29 is 14.5 Å². The highest BCUT2D eigenvalue weighted by Gasteiger charge is 2.18. The normalized spacial score (nSPS) is 10.2. The van der Waals surface area contributed by atoms with Crippen molar-refractivity contribution in [2.24, 2.45) is 0 Å². The van der Waals surface area contributed by atoms with E-state index >= 15 is 0 Å². The van der Waals surface area contributed by atoms with Crippen molar-refractivity contribution in [1.82, 2.24) is 15.0 Å². The molecule has 1 heterocycles.